The number of amides is 4. The van der Waals surface area contributed by atoms with Gasteiger partial charge in [-0.2, -0.15) is 0 Å². The SMILES string of the molecule is CC(C)(C)OC(=O)C(CCCCNC(=O)OCc1ccccc1)NC(=O)C(C)(C)c1cnc(C(Cc2c[nH]c3ccccc23)NC(=O)NC2CCN(Cc3ccccc3)CC2)[nH]1. The first-order chi connectivity index (χ1) is 29.7. The van der Waals surface area contributed by atoms with Gasteiger partial charge in [-0.05, 0) is 89.5 Å². The average molecular weight is 847 g/mol. The molecule has 0 saturated carbocycles. The van der Waals surface area contributed by atoms with E-state index in [4.69, 9.17) is 14.5 Å². The fourth-order valence-corrected chi connectivity index (χ4v) is 7.55. The minimum Gasteiger partial charge on any atom is -0.458 e. The summed E-state index contributed by atoms with van der Waals surface area (Å²) < 4.78 is 11.0. The molecule has 1 fully saturated rings. The molecule has 14 nitrogen and oxygen atoms in total. The van der Waals surface area contributed by atoms with Crippen LogP contribution in [0.2, 0.25) is 0 Å². The Bertz CT molecular complexity index is 2220. The lowest BCUT2D eigenvalue weighted by Gasteiger charge is -2.32. The van der Waals surface area contributed by atoms with Crippen molar-refractivity contribution in [2.24, 2.45) is 0 Å². The molecule has 14 heteroatoms. The lowest BCUT2D eigenvalue weighted by molar-refractivity contribution is -0.159. The molecule has 2 aromatic heterocycles. The number of benzene rings is 3. The highest BCUT2D eigenvalue weighted by molar-refractivity contribution is 5.91. The molecule has 3 heterocycles. The normalized spacial score (nSPS) is 14.7. The van der Waals surface area contributed by atoms with E-state index in [9.17, 15) is 19.2 Å². The van der Waals surface area contributed by atoms with Gasteiger partial charge in [0.2, 0.25) is 5.91 Å². The lowest BCUT2D eigenvalue weighted by atomic mass is 9.88. The number of likely N-dealkylation sites (tertiary alicyclic amines) is 1. The third kappa shape index (κ3) is 13.2. The standard InChI is InChI=1S/C48H62N8O6/c1-47(2,3)62-43(57)39(22-14-15-25-49-46(60)61-32-34-18-10-7-11-19-34)53-44(58)48(4,5)41-30-51-42(55-41)40(28-35-29-50-38-21-13-12-20-37(35)38)54-45(59)52-36-23-26-56(27-24-36)31-33-16-8-6-9-17-33/h6-13,16-21,29-30,36,39-40,50H,14-15,22-28,31-32H2,1-5H3,(H,49,60)(H,51,55)(H,53,58)(H2,52,54,59). The number of esters is 1. The van der Waals surface area contributed by atoms with Gasteiger partial charge in [-0.3, -0.25) is 9.69 Å². The highest BCUT2D eigenvalue weighted by atomic mass is 16.6. The van der Waals surface area contributed by atoms with Crippen molar-refractivity contribution in [3.05, 3.63) is 126 Å². The Labute approximate surface area is 364 Å². The Morgan fingerprint density at radius 2 is 1.53 bits per heavy atom. The van der Waals surface area contributed by atoms with E-state index in [0.717, 1.165) is 54.5 Å². The van der Waals surface area contributed by atoms with Crippen LogP contribution in [0, 0.1) is 0 Å². The summed E-state index contributed by atoms with van der Waals surface area (Å²) in [7, 11) is 0. The lowest BCUT2D eigenvalue weighted by Crippen LogP contribution is -2.50. The minimum absolute atomic E-state index is 0.0289. The Kier molecular flexibility index (Phi) is 15.4. The molecule has 0 radical (unpaired) electrons. The van der Waals surface area contributed by atoms with Gasteiger partial charge < -0.3 is 40.7 Å². The van der Waals surface area contributed by atoms with Gasteiger partial charge in [0.25, 0.3) is 0 Å². The summed E-state index contributed by atoms with van der Waals surface area (Å²) in [5, 5.41) is 13.1. The smallest absolute Gasteiger partial charge is 0.407 e. The fourth-order valence-electron chi connectivity index (χ4n) is 7.55. The number of carbonyl (C=O) groups is 4. The average Bonchev–Trinajstić information content (AvgIpc) is 3.92. The van der Waals surface area contributed by atoms with Crippen molar-refractivity contribution in [2.75, 3.05) is 19.6 Å². The van der Waals surface area contributed by atoms with Crippen molar-refractivity contribution >= 4 is 34.9 Å². The first-order valence-electron chi connectivity index (χ1n) is 21.7. The maximum atomic E-state index is 14.1. The van der Waals surface area contributed by atoms with Gasteiger partial charge >= 0.3 is 18.1 Å². The topological polar surface area (TPSA) is 183 Å². The number of nitrogens with zero attached hydrogens (tertiary/aromatic N) is 2. The zero-order chi connectivity index (χ0) is 44.1. The second kappa shape index (κ2) is 21.1. The number of aromatic nitrogens is 3. The molecule has 0 bridgehead atoms. The van der Waals surface area contributed by atoms with E-state index < -0.39 is 41.1 Å². The number of H-pyrrole nitrogens is 2. The van der Waals surface area contributed by atoms with Crippen LogP contribution in [0.1, 0.15) is 101 Å². The van der Waals surface area contributed by atoms with Crippen molar-refractivity contribution < 1.29 is 28.7 Å². The van der Waals surface area contributed by atoms with Gasteiger partial charge in [-0.15, -0.1) is 0 Å². The number of fused-ring (bicyclic) bond motifs is 1. The molecule has 1 aliphatic rings. The minimum atomic E-state index is -1.16. The molecule has 1 aliphatic heterocycles. The van der Waals surface area contributed by atoms with Crippen molar-refractivity contribution in [1.29, 1.82) is 0 Å². The third-order valence-electron chi connectivity index (χ3n) is 11.1. The maximum Gasteiger partial charge on any atom is 0.407 e. The van der Waals surface area contributed by atoms with E-state index >= 15 is 0 Å². The number of nitrogens with one attached hydrogen (secondary N) is 6. The quantitative estimate of drug-likeness (QED) is 0.0391. The molecule has 6 rings (SSSR count). The van der Waals surface area contributed by atoms with E-state index in [1.165, 1.54) is 5.56 Å². The second-order valence-corrected chi connectivity index (χ2v) is 17.6. The predicted octanol–water partition coefficient (Wildman–Crippen LogP) is 7.34. The van der Waals surface area contributed by atoms with Gasteiger partial charge in [-0.25, -0.2) is 19.4 Å². The second-order valence-electron chi connectivity index (χ2n) is 17.6. The number of para-hydroxylation sites is 1. The van der Waals surface area contributed by atoms with Crippen LogP contribution in [0.3, 0.4) is 0 Å². The molecule has 3 aromatic carbocycles. The van der Waals surface area contributed by atoms with Gasteiger partial charge in [0.15, 0.2) is 0 Å². The van der Waals surface area contributed by atoms with Crippen molar-refractivity contribution in [2.45, 2.75) is 115 Å². The molecule has 0 spiro atoms. The molecule has 6 N–H and O–H groups in total. The van der Waals surface area contributed by atoms with Gasteiger partial charge in [0, 0.05) is 67.6 Å². The van der Waals surface area contributed by atoms with Crippen molar-refractivity contribution in [3.63, 3.8) is 0 Å². The number of unbranched alkanes of at least 4 members (excludes halogenated alkanes) is 1. The number of alkyl carbamates (subject to hydrolysis) is 1. The molecule has 4 amide bonds. The van der Waals surface area contributed by atoms with E-state index in [-0.39, 0.29) is 18.7 Å². The largest absolute Gasteiger partial charge is 0.458 e. The third-order valence-corrected chi connectivity index (χ3v) is 11.1. The van der Waals surface area contributed by atoms with E-state index in [1.807, 2.05) is 66.9 Å². The highest BCUT2D eigenvalue weighted by Gasteiger charge is 2.36. The molecular weight excluding hydrogens is 785 g/mol. The number of hydrogen-bond acceptors (Lipinski definition) is 8. The van der Waals surface area contributed by atoms with Crippen LogP contribution in [0.15, 0.2) is 97.3 Å². The summed E-state index contributed by atoms with van der Waals surface area (Å²) in [6.45, 7) is 12.0. The van der Waals surface area contributed by atoms with E-state index in [2.05, 4.69) is 60.4 Å². The maximum absolute atomic E-state index is 14.1. The van der Waals surface area contributed by atoms with E-state index in [1.54, 1.807) is 40.8 Å². The molecular formula is C48H62N8O6. The summed E-state index contributed by atoms with van der Waals surface area (Å²) in [5.74, 6) is -0.445. The monoisotopic (exact) mass is 846 g/mol. The number of hydrogen-bond donors (Lipinski definition) is 6. The Balaban J connectivity index is 1.08. The molecule has 330 valence electrons. The van der Waals surface area contributed by atoms with Crippen LogP contribution in [-0.2, 0) is 44.1 Å². The Morgan fingerprint density at radius 3 is 2.24 bits per heavy atom. The van der Waals surface area contributed by atoms with Gasteiger partial charge in [0.1, 0.15) is 24.1 Å². The molecule has 0 aliphatic carbocycles. The Hall–Kier alpha value is -6.15. The summed E-state index contributed by atoms with van der Waals surface area (Å²) in [6.07, 6.45) is 6.52. The van der Waals surface area contributed by atoms with Crippen LogP contribution >= 0.6 is 0 Å². The van der Waals surface area contributed by atoms with Crippen LogP contribution < -0.4 is 21.3 Å². The number of piperidine rings is 1. The zero-order valence-corrected chi connectivity index (χ0v) is 36.6. The number of carbonyl (C=O) groups excluding carboxylic acids is 4. The molecule has 1 saturated heterocycles. The number of ether oxygens (including phenoxy) is 2. The zero-order valence-electron chi connectivity index (χ0n) is 36.6. The summed E-state index contributed by atoms with van der Waals surface area (Å²) in [4.78, 5) is 67.3. The van der Waals surface area contributed by atoms with Crippen LogP contribution in [0.5, 0.6) is 0 Å². The first-order valence-corrected chi connectivity index (χ1v) is 21.7. The predicted molar refractivity (Wildman–Crippen MR) is 239 cm³/mol. The van der Waals surface area contributed by atoms with Crippen molar-refractivity contribution in [1.82, 2.24) is 41.1 Å². The van der Waals surface area contributed by atoms with E-state index in [0.29, 0.717) is 43.7 Å². The summed E-state index contributed by atoms with van der Waals surface area (Å²) in [5.41, 5.74) is 2.76. The van der Waals surface area contributed by atoms with Crippen LogP contribution in [0.4, 0.5) is 9.59 Å². The molecule has 2 unspecified atom stereocenters. The van der Waals surface area contributed by atoms with Crippen molar-refractivity contribution in [3.8, 4) is 0 Å². The number of urea groups is 1. The first kappa shape index (κ1) is 45.4. The molecule has 62 heavy (non-hydrogen) atoms. The number of imidazole rings is 1. The highest BCUT2D eigenvalue weighted by Crippen LogP contribution is 2.28. The number of aromatic amines is 2. The molecule has 5 aromatic rings. The Morgan fingerprint density at radius 1 is 0.855 bits per heavy atom. The molecule has 2 atom stereocenters. The summed E-state index contributed by atoms with van der Waals surface area (Å²) >= 11 is 0. The number of rotatable bonds is 18. The summed E-state index contributed by atoms with van der Waals surface area (Å²) in [6, 6.07) is 26.1. The fraction of sp³-hybridized carbons (Fsp3) is 0.438. The van der Waals surface area contributed by atoms with Gasteiger partial charge in [0.05, 0.1) is 11.5 Å². The van der Waals surface area contributed by atoms with Crippen LogP contribution in [-0.4, -0.2) is 81.2 Å². The van der Waals surface area contributed by atoms with Gasteiger partial charge in [-0.1, -0.05) is 78.9 Å². The van der Waals surface area contributed by atoms with Crippen LogP contribution in [0.25, 0.3) is 10.9 Å².